The molecule has 22 heavy (non-hydrogen) atoms. The molecule has 1 aliphatic rings. The maximum Gasteiger partial charge on any atom is 0.202 e. The third kappa shape index (κ3) is 2.17. The van der Waals surface area contributed by atoms with Crippen LogP contribution in [0.25, 0.3) is 0 Å². The Bertz CT molecular complexity index is 714. The Kier molecular flexibility index (Phi) is 3.15. The van der Waals surface area contributed by atoms with Crippen LogP contribution in [-0.2, 0) is 0 Å². The van der Waals surface area contributed by atoms with Crippen LogP contribution in [0.4, 0.5) is 0 Å². The highest BCUT2D eigenvalue weighted by Gasteiger charge is 2.56. The van der Waals surface area contributed by atoms with Gasteiger partial charge in [0.25, 0.3) is 0 Å². The second-order valence-electron chi connectivity index (χ2n) is 5.74. The van der Waals surface area contributed by atoms with Crippen molar-refractivity contribution in [3.05, 3.63) is 95.9 Å². The van der Waals surface area contributed by atoms with E-state index in [9.17, 15) is 4.79 Å². The third-order valence-corrected chi connectivity index (χ3v) is 4.46. The van der Waals surface area contributed by atoms with Crippen molar-refractivity contribution in [2.45, 2.75) is 11.8 Å². The second-order valence-corrected chi connectivity index (χ2v) is 5.74. The van der Waals surface area contributed by atoms with E-state index in [0.29, 0.717) is 5.76 Å². The van der Waals surface area contributed by atoms with E-state index in [2.05, 4.69) is 24.3 Å². The van der Waals surface area contributed by atoms with Crippen LogP contribution < -0.4 is 0 Å². The number of hydrogen-bond donors (Lipinski definition) is 0. The van der Waals surface area contributed by atoms with Gasteiger partial charge in [-0.15, -0.1) is 0 Å². The van der Waals surface area contributed by atoms with Crippen LogP contribution in [-0.4, -0.2) is 5.78 Å². The fraction of sp³-hybridized carbons (Fsp3) is 0.150. The molecule has 4 rings (SSSR count). The Labute approximate surface area is 129 Å². The fourth-order valence-corrected chi connectivity index (χ4v) is 3.40. The highest BCUT2D eigenvalue weighted by Crippen LogP contribution is 2.61. The highest BCUT2D eigenvalue weighted by atomic mass is 16.3. The summed E-state index contributed by atoms with van der Waals surface area (Å²) in [7, 11) is 0. The number of benzene rings is 2. The summed E-state index contributed by atoms with van der Waals surface area (Å²) in [6.07, 6.45) is 1.56. The molecule has 1 saturated carbocycles. The van der Waals surface area contributed by atoms with E-state index in [0.717, 1.165) is 0 Å². The van der Waals surface area contributed by atoms with Gasteiger partial charge in [-0.1, -0.05) is 60.7 Å². The van der Waals surface area contributed by atoms with Gasteiger partial charge in [0.2, 0.25) is 5.78 Å². The lowest BCUT2D eigenvalue weighted by Crippen LogP contribution is -2.02. The van der Waals surface area contributed by atoms with E-state index in [1.54, 1.807) is 18.4 Å². The van der Waals surface area contributed by atoms with Crippen LogP contribution in [0.5, 0.6) is 0 Å². The Morgan fingerprint density at radius 3 is 1.73 bits per heavy atom. The molecular weight excluding hydrogens is 272 g/mol. The standard InChI is InChI=1S/C20H16O2/c21-20(16-12-7-13-22-16)19-17(14-8-3-1-4-9-14)18(19)15-10-5-2-6-11-15/h1-13,17-19H. The van der Waals surface area contributed by atoms with Crippen LogP contribution >= 0.6 is 0 Å². The third-order valence-electron chi connectivity index (χ3n) is 4.46. The van der Waals surface area contributed by atoms with Gasteiger partial charge >= 0.3 is 0 Å². The molecule has 0 radical (unpaired) electrons. The number of rotatable bonds is 4. The van der Waals surface area contributed by atoms with Crippen LogP contribution in [0.2, 0.25) is 0 Å². The van der Waals surface area contributed by atoms with Gasteiger partial charge in [-0.3, -0.25) is 4.79 Å². The van der Waals surface area contributed by atoms with Crippen molar-refractivity contribution in [3.63, 3.8) is 0 Å². The van der Waals surface area contributed by atoms with E-state index in [1.807, 2.05) is 36.4 Å². The molecule has 1 heterocycles. The lowest BCUT2D eigenvalue weighted by molar-refractivity contribution is 0.0935. The second kappa shape index (κ2) is 5.30. The molecule has 3 aromatic rings. The predicted octanol–water partition coefficient (Wildman–Crippen LogP) is 4.66. The van der Waals surface area contributed by atoms with Gasteiger partial charge in [0, 0.05) is 17.8 Å². The Morgan fingerprint density at radius 1 is 0.727 bits per heavy atom. The number of carbonyl (C=O) groups is 1. The molecule has 2 atom stereocenters. The molecule has 0 aliphatic heterocycles. The summed E-state index contributed by atoms with van der Waals surface area (Å²) in [4.78, 5) is 12.7. The first-order valence-electron chi connectivity index (χ1n) is 7.54. The lowest BCUT2D eigenvalue weighted by atomic mass is 10.0. The minimum Gasteiger partial charge on any atom is -0.461 e. The van der Waals surface area contributed by atoms with Crippen molar-refractivity contribution in [2.24, 2.45) is 5.92 Å². The van der Waals surface area contributed by atoms with Crippen molar-refractivity contribution in [1.29, 1.82) is 0 Å². The SMILES string of the molecule is O=C(c1ccco1)C1C(c2ccccc2)C1c1ccccc1. The molecule has 2 heteroatoms. The average Bonchev–Trinajstić information content (AvgIpc) is 3.09. The molecular formula is C20H16O2. The molecule has 0 saturated heterocycles. The topological polar surface area (TPSA) is 30.2 Å². The molecule has 0 N–H and O–H groups in total. The zero-order valence-electron chi connectivity index (χ0n) is 12.1. The normalized spacial score (nSPS) is 23.2. The molecule has 1 fully saturated rings. The molecule has 2 unspecified atom stereocenters. The van der Waals surface area contributed by atoms with Crippen LogP contribution in [0.1, 0.15) is 33.5 Å². The zero-order valence-corrected chi connectivity index (χ0v) is 12.1. The number of furan rings is 1. The Morgan fingerprint density at radius 2 is 1.27 bits per heavy atom. The maximum atomic E-state index is 12.7. The Hall–Kier alpha value is -2.61. The van der Waals surface area contributed by atoms with E-state index >= 15 is 0 Å². The van der Waals surface area contributed by atoms with Gasteiger partial charge in [0.05, 0.1) is 6.26 Å². The van der Waals surface area contributed by atoms with E-state index in [4.69, 9.17) is 4.42 Å². The quantitative estimate of drug-likeness (QED) is 0.654. The summed E-state index contributed by atoms with van der Waals surface area (Å²) in [6, 6.07) is 24.1. The molecule has 1 aromatic heterocycles. The summed E-state index contributed by atoms with van der Waals surface area (Å²) in [6.45, 7) is 0. The number of carbonyl (C=O) groups excluding carboxylic acids is 1. The summed E-state index contributed by atoms with van der Waals surface area (Å²) < 4.78 is 5.32. The number of ketones is 1. The predicted molar refractivity (Wildman–Crippen MR) is 84.9 cm³/mol. The average molecular weight is 288 g/mol. The number of Topliss-reactive ketones (excluding diaryl/α,β-unsaturated/α-hetero) is 1. The maximum absolute atomic E-state index is 12.7. The van der Waals surface area contributed by atoms with Gasteiger partial charge in [0.1, 0.15) is 0 Å². The molecule has 0 bridgehead atoms. The zero-order chi connectivity index (χ0) is 14.9. The van der Waals surface area contributed by atoms with E-state index < -0.39 is 0 Å². The smallest absolute Gasteiger partial charge is 0.202 e. The van der Waals surface area contributed by atoms with E-state index in [1.165, 1.54) is 11.1 Å². The number of hydrogen-bond acceptors (Lipinski definition) is 2. The van der Waals surface area contributed by atoms with Crippen molar-refractivity contribution in [2.75, 3.05) is 0 Å². The summed E-state index contributed by atoms with van der Waals surface area (Å²) in [5.74, 6) is 1.01. The first kappa shape index (κ1) is 13.1. The first-order chi connectivity index (χ1) is 10.9. The molecule has 0 spiro atoms. The van der Waals surface area contributed by atoms with Crippen LogP contribution in [0.15, 0.2) is 83.5 Å². The minimum atomic E-state index is -0.0315. The van der Waals surface area contributed by atoms with Gasteiger partial charge in [-0.2, -0.15) is 0 Å². The van der Waals surface area contributed by atoms with Gasteiger partial charge in [0.15, 0.2) is 5.76 Å². The minimum absolute atomic E-state index is 0.0315. The highest BCUT2D eigenvalue weighted by molar-refractivity contribution is 5.99. The molecule has 2 aromatic carbocycles. The molecule has 0 amide bonds. The van der Waals surface area contributed by atoms with Crippen molar-refractivity contribution in [1.82, 2.24) is 0 Å². The van der Waals surface area contributed by atoms with Crippen molar-refractivity contribution < 1.29 is 9.21 Å². The largest absolute Gasteiger partial charge is 0.461 e. The molecule has 2 nitrogen and oxygen atoms in total. The first-order valence-corrected chi connectivity index (χ1v) is 7.54. The molecule has 1 aliphatic carbocycles. The van der Waals surface area contributed by atoms with E-state index in [-0.39, 0.29) is 23.5 Å². The molecule has 108 valence electrons. The van der Waals surface area contributed by atoms with Crippen LogP contribution in [0, 0.1) is 5.92 Å². The fourth-order valence-electron chi connectivity index (χ4n) is 3.40. The summed E-state index contributed by atoms with van der Waals surface area (Å²) in [5, 5.41) is 0. The van der Waals surface area contributed by atoms with Crippen LogP contribution in [0.3, 0.4) is 0 Å². The van der Waals surface area contributed by atoms with Gasteiger partial charge < -0.3 is 4.42 Å². The summed E-state index contributed by atoms with van der Waals surface area (Å²) >= 11 is 0. The van der Waals surface area contributed by atoms with Crippen molar-refractivity contribution in [3.8, 4) is 0 Å². The monoisotopic (exact) mass is 288 g/mol. The van der Waals surface area contributed by atoms with Gasteiger partial charge in [-0.25, -0.2) is 0 Å². The summed E-state index contributed by atoms with van der Waals surface area (Å²) in [5.41, 5.74) is 2.45. The van der Waals surface area contributed by atoms with Crippen molar-refractivity contribution >= 4 is 5.78 Å². The van der Waals surface area contributed by atoms with Gasteiger partial charge in [-0.05, 0) is 23.3 Å². The Balaban J connectivity index is 1.70. The lowest BCUT2D eigenvalue weighted by Gasteiger charge is -1.99.